The number of hydrogen-bond donors (Lipinski definition) is 0. The second-order valence-corrected chi connectivity index (χ2v) is 21.1. The molecule has 6 rings (SSSR count). The topological polar surface area (TPSA) is 124 Å². The number of hydrogen-bond acceptors (Lipinski definition) is 10. The number of ether oxygens (including phenoxy) is 6. The quantitative estimate of drug-likeness (QED) is 0.0574. The molecule has 2 unspecified atom stereocenters. The maximum atomic E-state index is 13.6. The highest BCUT2D eigenvalue weighted by Gasteiger charge is 2.42. The van der Waals surface area contributed by atoms with E-state index in [1.807, 2.05) is 12.1 Å². The van der Waals surface area contributed by atoms with Crippen LogP contribution in [0.4, 0.5) is 0 Å². The third-order valence-corrected chi connectivity index (χ3v) is 14.8. The van der Waals surface area contributed by atoms with Gasteiger partial charge in [-0.15, -0.1) is 0 Å². The van der Waals surface area contributed by atoms with Crippen molar-refractivity contribution in [2.75, 3.05) is 39.6 Å². The van der Waals surface area contributed by atoms with Crippen LogP contribution in [0.2, 0.25) is 0 Å². The summed E-state index contributed by atoms with van der Waals surface area (Å²) in [7, 11) is 0. The summed E-state index contributed by atoms with van der Waals surface area (Å²) >= 11 is 0. The van der Waals surface area contributed by atoms with Crippen LogP contribution in [0.3, 0.4) is 0 Å². The van der Waals surface area contributed by atoms with Gasteiger partial charge < -0.3 is 28.4 Å². The normalized spacial score (nSPS) is 15.6. The Morgan fingerprint density at radius 1 is 0.456 bits per heavy atom. The number of carbonyl (C=O) groups excluding carboxylic acids is 4. The van der Waals surface area contributed by atoms with Crippen LogP contribution in [0.5, 0.6) is 11.5 Å². The van der Waals surface area contributed by atoms with Crippen molar-refractivity contribution >= 4 is 23.9 Å². The minimum atomic E-state index is -0.533. The SMILES string of the molecule is Cc1c(C)c(C)c(C2C(=O)Oc3c2cc(CCC(=O)OCCOCCOCCOC(=O)CCc2cc4c(c(C(C)(C)C)c2)OC(=O)C4c2c(C)c(C)c(C)c(C)c2C)cc3C(C)(C)C)c(C)c1C. The molecule has 10 nitrogen and oxygen atoms in total. The molecule has 4 aromatic rings. The number of rotatable bonds is 17. The fraction of sp³-hybridized carbons (Fsp3) is 0.517. The first kappa shape index (κ1) is 52.1. The summed E-state index contributed by atoms with van der Waals surface area (Å²) in [5.41, 5.74) is 18.6. The lowest BCUT2D eigenvalue weighted by Gasteiger charge is -2.24. The van der Waals surface area contributed by atoms with Crippen molar-refractivity contribution in [1.29, 1.82) is 0 Å². The number of aryl methyl sites for hydroxylation is 2. The predicted molar refractivity (Wildman–Crippen MR) is 266 cm³/mol. The summed E-state index contributed by atoms with van der Waals surface area (Å²) < 4.78 is 34.3. The average Bonchev–Trinajstić information content (AvgIpc) is 3.78. The standard InChI is InChI=1S/C58H74O10/c1-31-33(3)37(7)49(38(8)34(31)4)51-43-27-41(29-45(57(11,12)13)53(43)67-55(51)61)17-19-47(59)65-25-23-63-21-22-64-24-26-66-48(60)20-18-42-28-44-52(50-39(9)35(5)32(2)36(6)40(50)10)56(62)68-54(44)46(30-42)58(14,15)16/h27-30,51-52H,17-26H2,1-16H3. The van der Waals surface area contributed by atoms with Gasteiger partial charge in [-0.2, -0.15) is 0 Å². The van der Waals surface area contributed by atoms with E-state index in [2.05, 4.69) is 123 Å². The molecule has 0 bridgehead atoms. The van der Waals surface area contributed by atoms with Gasteiger partial charge >= 0.3 is 23.9 Å². The Kier molecular flexibility index (Phi) is 15.9. The fourth-order valence-electron chi connectivity index (χ4n) is 9.92. The molecule has 366 valence electrons. The molecule has 2 aliphatic rings. The van der Waals surface area contributed by atoms with Gasteiger partial charge in [-0.25, -0.2) is 0 Å². The van der Waals surface area contributed by atoms with Crippen molar-refractivity contribution in [1.82, 2.24) is 0 Å². The average molecular weight is 931 g/mol. The van der Waals surface area contributed by atoms with E-state index in [9.17, 15) is 19.2 Å². The summed E-state index contributed by atoms with van der Waals surface area (Å²) in [5.74, 6) is -0.998. The van der Waals surface area contributed by atoms with Crippen molar-refractivity contribution in [3.05, 3.63) is 124 Å². The van der Waals surface area contributed by atoms with E-state index >= 15 is 0 Å². The Bertz CT molecular complexity index is 2400. The van der Waals surface area contributed by atoms with Gasteiger partial charge in [0.25, 0.3) is 0 Å². The molecule has 0 fully saturated rings. The minimum Gasteiger partial charge on any atom is -0.463 e. The molecule has 0 aromatic heterocycles. The highest BCUT2D eigenvalue weighted by atomic mass is 16.6. The Balaban J connectivity index is 0.929. The molecule has 68 heavy (non-hydrogen) atoms. The van der Waals surface area contributed by atoms with E-state index in [1.165, 1.54) is 33.4 Å². The molecule has 10 heteroatoms. The number of carbonyl (C=O) groups is 4. The van der Waals surface area contributed by atoms with Crippen LogP contribution in [-0.4, -0.2) is 63.5 Å². The molecule has 2 atom stereocenters. The van der Waals surface area contributed by atoms with Crippen molar-refractivity contribution in [3.8, 4) is 11.5 Å². The third-order valence-electron chi connectivity index (χ3n) is 14.8. The highest BCUT2D eigenvalue weighted by molar-refractivity contribution is 5.92. The number of esters is 4. The van der Waals surface area contributed by atoms with E-state index < -0.39 is 11.8 Å². The summed E-state index contributed by atoms with van der Waals surface area (Å²) in [5, 5.41) is 0. The van der Waals surface area contributed by atoms with Crippen LogP contribution in [0.25, 0.3) is 0 Å². The molecule has 0 spiro atoms. The van der Waals surface area contributed by atoms with E-state index in [0.717, 1.165) is 66.8 Å². The van der Waals surface area contributed by atoms with Crippen molar-refractivity contribution in [2.45, 2.75) is 159 Å². The molecular weight excluding hydrogens is 857 g/mol. The smallest absolute Gasteiger partial charge is 0.323 e. The lowest BCUT2D eigenvalue weighted by atomic mass is 9.78. The minimum absolute atomic E-state index is 0.110. The van der Waals surface area contributed by atoms with Gasteiger partial charge in [0.15, 0.2) is 0 Å². The molecule has 2 heterocycles. The van der Waals surface area contributed by atoms with E-state index in [1.54, 1.807) is 0 Å². The molecule has 0 aliphatic carbocycles. The molecule has 0 saturated heterocycles. The van der Waals surface area contributed by atoms with Crippen LogP contribution in [0, 0.1) is 69.2 Å². The summed E-state index contributed by atoms with van der Waals surface area (Å²) in [6.45, 7) is 34.9. The number of benzene rings is 4. The van der Waals surface area contributed by atoms with Crippen LogP contribution in [0.15, 0.2) is 24.3 Å². The van der Waals surface area contributed by atoms with Gasteiger partial charge in [0.2, 0.25) is 0 Å². The zero-order valence-corrected chi connectivity index (χ0v) is 43.6. The van der Waals surface area contributed by atoms with Crippen molar-refractivity contribution < 1.29 is 47.6 Å². The maximum absolute atomic E-state index is 13.6. The molecule has 4 aromatic carbocycles. The number of fused-ring (bicyclic) bond motifs is 2. The van der Waals surface area contributed by atoms with Crippen LogP contribution in [-0.2, 0) is 61.8 Å². The second kappa shape index (κ2) is 20.7. The summed E-state index contributed by atoms with van der Waals surface area (Å²) in [4.78, 5) is 53.0. The van der Waals surface area contributed by atoms with Gasteiger partial charge in [0.05, 0.1) is 26.4 Å². The monoisotopic (exact) mass is 931 g/mol. The molecule has 0 radical (unpaired) electrons. The fourth-order valence-corrected chi connectivity index (χ4v) is 9.92. The first-order valence-electron chi connectivity index (χ1n) is 24.2. The van der Waals surface area contributed by atoms with Crippen molar-refractivity contribution in [3.63, 3.8) is 0 Å². The van der Waals surface area contributed by atoms with Gasteiger partial charge in [-0.1, -0.05) is 65.8 Å². The molecule has 0 N–H and O–H groups in total. The molecule has 0 amide bonds. The lowest BCUT2D eigenvalue weighted by molar-refractivity contribution is -0.146. The molecule has 0 saturated carbocycles. The van der Waals surface area contributed by atoms with Crippen molar-refractivity contribution in [2.24, 2.45) is 0 Å². The Morgan fingerprint density at radius 3 is 1.06 bits per heavy atom. The van der Waals surface area contributed by atoms with E-state index in [4.69, 9.17) is 28.4 Å². The Labute approximate surface area is 404 Å². The zero-order chi connectivity index (χ0) is 50.2. The Morgan fingerprint density at radius 2 is 0.750 bits per heavy atom. The maximum Gasteiger partial charge on any atom is 0.323 e. The summed E-state index contributed by atoms with van der Waals surface area (Å²) in [6, 6.07) is 8.17. The predicted octanol–water partition coefficient (Wildman–Crippen LogP) is 11.2. The first-order valence-corrected chi connectivity index (χ1v) is 24.2. The van der Waals surface area contributed by atoms with Gasteiger partial charge in [0.1, 0.15) is 36.5 Å². The third kappa shape index (κ3) is 10.8. The summed E-state index contributed by atoms with van der Waals surface area (Å²) in [6.07, 6.45) is 1.27. The van der Waals surface area contributed by atoms with Crippen LogP contribution in [0.1, 0.15) is 166 Å². The zero-order valence-electron chi connectivity index (χ0n) is 43.6. The van der Waals surface area contributed by atoms with Gasteiger partial charge in [0, 0.05) is 35.1 Å². The lowest BCUT2D eigenvalue weighted by Crippen LogP contribution is -2.16. The first-order chi connectivity index (χ1) is 31.8. The largest absolute Gasteiger partial charge is 0.463 e. The van der Waals surface area contributed by atoms with E-state index in [-0.39, 0.29) is 74.0 Å². The highest BCUT2D eigenvalue weighted by Crippen LogP contribution is 2.50. The van der Waals surface area contributed by atoms with Gasteiger partial charge in [-0.05, 0) is 171 Å². The van der Waals surface area contributed by atoms with Gasteiger partial charge in [-0.3, -0.25) is 19.2 Å². The Hall–Kier alpha value is -5.32. The van der Waals surface area contributed by atoms with Crippen LogP contribution < -0.4 is 9.47 Å². The van der Waals surface area contributed by atoms with E-state index in [0.29, 0.717) is 37.6 Å². The molecular formula is C58H74O10. The van der Waals surface area contributed by atoms with Crippen LogP contribution >= 0.6 is 0 Å². The second-order valence-electron chi connectivity index (χ2n) is 21.1. The molecule has 2 aliphatic heterocycles.